The van der Waals surface area contributed by atoms with Gasteiger partial charge in [-0.3, -0.25) is 4.79 Å². The summed E-state index contributed by atoms with van der Waals surface area (Å²) >= 11 is 0. The molecule has 1 amide bonds. The SMILES string of the molecule is CCc1ccc(CN(C)C(=O)c2ccccc2C)cc1. The third-order valence-electron chi connectivity index (χ3n) is 3.57. The first-order valence-electron chi connectivity index (χ1n) is 7.00. The van der Waals surface area contributed by atoms with Crippen LogP contribution in [0.4, 0.5) is 0 Å². The Morgan fingerprint density at radius 3 is 2.20 bits per heavy atom. The van der Waals surface area contributed by atoms with Crippen LogP contribution in [0.5, 0.6) is 0 Å². The highest BCUT2D eigenvalue weighted by Gasteiger charge is 2.13. The zero-order chi connectivity index (χ0) is 14.5. The number of carbonyl (C=O) groups is 1. The van der Waals surface area contributed by atoms with Gasteiger partial charge in [0.2, 0.25) is 0 Å². The van der Waals surface area contributed by atoms with Gasteiger partial charge in [0.25, 0.3) is 5.91 Å². The molecule has 0 N–H and O–H groups in total. The number of nitrogens with zero attached hydrogens (tertiary/aromatic N) is 1. The summed E-state index contributed by atoms with van der Waals surface area (Å²) in [5, 5.41) is 0. The molecule has 0 fully saturated rings. The Morgan fingerprint density at radius 2 is 1.60 bits per heavy atom. The van der Waals surface area contributed by atoms with Crippen LogP contribution in [0.3, 0.4) is 0 Å². The minimum Gasteiger partial charge on any atom is -0.337 e. The molecule has 0 radical (unpaired) electrons. The van der Waals surface area contributed by atoms with Crippen molar-refractivity contribution in [1.29, 1.82) is 0 Å². The van der Waals surface area contributed by atoms with Gasteiger partial charge in [0.05, 0.1) is 0 Å². The molecule has 0 heterocycles. The number of benzene rings is 2. The molecule has 0 aromatic heterocycles. The number of aryl methyl sites for hydroxylation is 2. The molecular weight excluding hydrogens is 246 g/mol. The predicted octanol–water partition coefficient (Wildman–Crippen LogP) is 3.83. The molecule has 0 atom stereocenters. The smallest absolute Gasteiger partial charge is 0.254 e. The van der Waals surface area contributed by atoms with E-state index in [1.807, 2.05) is 38.2 Å². The van der Waals surface area contributed by atoms with Crippen LogP contribution < -0.4 is 0 Å². The van der Waals surface area contributed by atoms with Crippen molar-refractivity contribution in [1.82, 2.24) is 4.90 Å². The molecule has 20 heavy (non-hydrogen) atoms. The van der Waals surface area contributed by atoms with Gasteiger partial charge in [-0.05, 0) is 36.1 Å². The van der Waals surface area contributed by atoms with Crippen LogP contribution in [0.15, 0.2) is 48.5 Å². The fraction of sp³-hybridized carbons (Fsp3) is 0.278. The van der Waals surface area contributed by atoms with Crippen LogP contribution in [-0.2, 0) is 13.0 Å². The third-order valence-corrected chi connectivity index (χ3v) is 3.57. The molecule has 0 aliphatic heterocycles. The van der Waals surface area contributed by atoms with Gasteiger partial charge >= 0.3 is 0 Å². The third kappa shape index (κ3) is 3.27. The molecule has 0 spiro atoms. The molecule has 0 saturated carbocycles. The summed E-state index contributed by atoms with van der Waals surface area (Å²) in [5.74, 6) is 0.0719. The maximum absolute atomic E-state index is 12.4. The van der Waals surface area contributed by atoms with Crippen LogP contribution in [0.2, 0.25) is 0 Å². The van der Waals surface area contributed by atoms with Gasteiger partial charge in [-0.2, -0.15) is 0 Å². The van der Waals surface area contributed by atoms with Crippen LogP contribution in [0.1, 0.15) is 34.0 Å². The lowest BCUT2D eigenvalue weighted by molar-refractivity contribution is 0.0784. The van der Waals surface area contributed by atoms with Crippen molar-refractivity contribution in [3.8, 4) is 0 Å². The Balaban J connectivity index is 2.09. The fourth-order valence-electron chi connectivity index (χ4n) is 2.24. The lowest BCUT2D eigenvalue weighted by atomic mass is 10.1. The van der Waals surface area contributed by atoms with E-state index in [0.717, 1.165) is 23.1 Å². The summed E-state index contributed by atoms with van der Waals surface area (Å²) in [6.07, 6.45) is 1.04. The van der Waals surface area contributed by atoms with E-state index in [0.29, 0.717) is 6.54 Å². The first kappa shape index (κ1) is 14.3. The fourth-order valence-corrected chi connectivity index (χ4v) is 2.24. The zero-order valence-electron chi connectivity index (χ0n) is 12.4. The predicted molar refractivity (Wildman–Crippen MR) is 82.8 cm³/mol. The van der Waals surface area contributed by atoms with E-state index in [1.54, 1.807) is 4.90 Å². The largest absolute Gasteiger partial charge is 0.337 e. The Hall–Kier alpha value is -2.09. The first-order valence-corrected chi connectivity index (χ1v) is 7.00. The van der Waals surface area contributed by atoms with Gasteiger partial charge in [0, 0.05) is 19.2 Å². The summed E-state index contributed by atoms with van der Waals surface area (Å²) in [5.41, 5.74) is 4.28. The lowest BCUT2D eigenvalue weighted by Gasteiger charge is -2.18. The average Bonchev–Trinajstić information content (AvgIpc) is 2.48. The second-order valence-corrected chi connectivity index (χ2v) is 5.15. The molecule has 2 rings (SSSR count). The monoisotopic (exact) mass is 267 g/mol. The summed E-state index contributed by atoms with van der Waals surface area (Å²) in [7, 11) is 1.85. The van der Waals surface area contributed by atoms with Gasteiger partial charge < -0.3 is 4.90 Å². The molecule has 0 bridgehead atoms. The van der Waals surface area contributed by atoms with E-state index >= 15 is 0 Å². The second-order valence-electron chi connectivity index (χ2n) is 5.15. The van der Waals surface area contributed by atoms with Crippen LogP contribution in [-0.4, -0.2) is 17.9 Å². The Kier molecular flexibility index (Phi) is 4.57. The standard InChI is InChI=1S/C18H21NO/c1-4-15-9-11-16(12-10-15)13-19(3)18(20)17-8-6-5-7-14(17)2/h5-12H,4,13H2,1-3H3. The van der Waals surface area contributed by atoms with Crippen molar-refractivity contribution < 1.29 is 4.79 Å². The van der Waals surface area contributed by atoms with E-state index in [9.17, 15) is 4.79 Å². The van der Waals surface area contributed by atoms with Gasteiger partial charge in [-0.15, -0.1) is 0 Å². The van der Waals surface area contributed by atoms with Crippen molar-refractivity contribution in [2.24, 2.45) is 0 Å². The quantitative estimate of drug-likeness (QED) is 0.824. The molecule has 0 aliphatic rings. The molecule has 2 aromatic carbocycles. The van der Waals surface area contributed by atoms with E-state index in [2.05, 4.69) is 31.2 Å². The highest BCUT2D eigenvalue weighted by Crippen LogP contribution is 2.13. The molecule has 2 nitrogen and oxygen atoms in total. The van der Waals surface area contributed by atoms with Gasteiger partial charge in [-0.1, -0.05) is 49.4 Å². The van der Waals surface area contributed by atoms with Gasteiger partial charge in [0.15, 0.2) is 0 Å². The average molecular weight is 267 g/mol. The van der Waals surface area contributed by atoms with Gasteiger partial charge in [0.1, 0.15) is 0 Å². The van der Waals surface area contributed by atoms with Crippen LogP contribution >= 0.6 is 0 Å². The zero-order valence-corrected chi connectivity index (χ0v) is 12.4. The highest BCUT2D eigenvalue weighted by molar-refractivity contribution is 5.95. The van der Waals surface area contributed by atoms with Crippen molar-refractivity contribution in [3.63, 3.8) is 0 Å². The summed E-state index contributed by atoms with van der Waals surface area (Å²) in [6.45, 7) is 4.75. The van der Waals surface area contributed by atoms with Crippen LogP contribution in [0.25, 0.3) is 0 Å². The van der Waals surface area contributed by atoms with Gasteiger partial charge in [-0.25, -0.2) is 0 Å². The molecule has 104 valence electrons. The number of carbonyl (C=O) groups excluding carboxylic acids is 1. The molecule has 0 aliphatic carbocycles. The van der Waals surface area contributed by atoms with E-state index in [4.69, 9.17) is 0 Å². The molecule has 2 aromatic rings. The Bertz CT molecular complexity index is 587. The maximum Gasteiger partial charge on any atom is 0.254 e. The summed E-state index contributed by atoms with van der Waals surface area (Å²) in [4.78, 5) is 14.2. The number of rotatable bonds is 4. The van der Waals surface area contributed by atoms with E-state index in [1.165, 1.54) is 5.56 Å². The molecular formula is C18H21NO. The van der Waals surface area contributed by atoms with Crippen molar-refractivity contribution in [2.45, 2.75) is 26.8 Å². The Labute approximate surface area is 121 Å². The maximum atomic E-state index is 12.4. The Morgan fingerprint density at radius 1 is 1.00 bits per heavy atom. The van der Waals surface area contributed by atoms with Crippen molar-refractivity contribution >= 4 is 5.91 Å². The number of hydrogen-bond donors (Lipinski definition) is 0. The minimum atomic E-state index is 0.0719. The van der Waals surface area contributed by atoms with Crippen LogP contribution in [0, 0.1) is 6.92 Å². The molecule has 2 heteroatoms. The summed E-state index contributed by atoms with van der Waals surface area (Å²) < 4.78 is 0. The normalized spacial score (nSPS) is 10.3. The second kappa shape index (κ2) is 6.38. The topological polar surface area (TPSA) is 20.3 Å². The number of amides is 1. The van der Waals surface area contributed by atoms with Crippen molar-refractivity contribution in [3.05, 3.63) is 70.8 Å². The van der Waals surface area contributed by atoms with E-state index in [-0.39, 0.29) is 5.91 Å². The van der Waals surface area contributed by atoms with E-state index < -0.39 is 0 Å². The number of hydrogen-bond acceptors (Lipinski definition) is 1. The summed E-state index contributed by atoms with van der Waals surface area (Å²) in [6, 6.07) is 16.2. The van der Waals surface area contributed by atoms with Crippen molar-refractivity contribution in [2.75, 3.05) is 7.05 Å². The first-order chi connectivity index (χ1) is 9.61. The lowest BCUT2D eigenvalue weighted by Crippen LogP contribution is -2.26. The molecule has 0 saturated heterocycles. The minimum absolute atomic E-state index is 0.0719. The highest BCUT2D eigenvalue weighted by atomic mass is 16.2. The molecule has 0 unspecified atom stereocenters.